The summed E-state index contributed by atoms with van der Waals surface area (Å²) in [6.07, 6.45) is 9.92. The van der Waals surface area contributed by atoms with E-state index in [-0.39, 0.29) is 0 Å². The van der Waals surface area contributed by atoms with Gasteiger partial charge in [0.2, 0.25) is 0 Å². The summed E-state index contributed by atoms with van der Waals surface area (Å²) in [5.41, 5.74) is 0. The lowest BCUT2D eigenvalue weighted by atomic mass is 9.86. The molecule has 74 valence electrons. The first-order chi connectivity index (χ1) is 6.43. The van der Waals surface area contributed by atoms with Gasteiger partial charge in [-0.05, 0) is 25.7 Å². The van der Waals surface area contributed by atoms with Crippen LogP contribution in [0.4, 0.5) is 0 Å². The zero-order valence-corrected chi connectivity index (χ0v) is 8.26. The minimum Gasteiger partial charge on any atom is -0.308 e. The molecule has 3 fully saturated rings. The topological polar surface area (TPSA) is 24.1 Å². The molecule has 13 heavy (non-hydrogen) atoms. The number of hydrogen-bond acceptors (Lipinski definition) is 2. The summed E-state index contributed by atoms with van der Waals surface area (Å²) in [5.74, 6) is 0. The van der Waals surface area contributed by atoms with Crippen LogP contribution in [0.2, 0.25) is 0 Å². The van der Waals surface area contributed by atoms with Gasteiger partial charge in [0.25, 0.3) is 0 Å². The molecule has 0 amide bonds. The van der Waals surface area contributed by atoms with Crippen LogP contribution in [-0.4, -0.2) is 24.2 Å². The Morgan fingerprint density at radius 1 is 0.538 bits per heavy atom. The lowest BCUT2D eigenvalue weighted by Gasteiger charge is -2.43. The van der Waals surface area contributed by atoms with Gasteiger partial charge in [0.05, 0.1) is 0 Å². The summed E-state index contributed by atoms with van der Waals surface area (Å²) in [5, 5.41) is 7.71. The summed E-state index contributed by atoms with van der Waals surface area (Å²) >= 11 is 0. The molecule has 4 unspecified atom stereocenters. The monoisotopic (exact) mass is 180 g/mol. The van der Waals surface area contributed by atoms with E-state index in [1.807, 2.05) is 0 Å². The van der Waals surface area contributed by atoms with Crippen molar-refractivity contribution < 1.29 is 0 Å². The van der Waals surface area contributed by atoms with Gasteiger partial charge in [0.1, 0.15) is 0 Å². The van der Waals surface area contributed by atoms with E-state index in [1.165, 1.54) is 44.9 Å². The smallest absolute Gasteiger partial charge is 0.0224 e. The second kappa shape index (κ2) is 3.25. The average Bonchev–Trinajstić information content (AvgIpc) is 2.61. The molecule has 2 saturated carbocycles. The lowest BCUT2D eigenvalue weighted by molar-refractivity contribution is 0.183. The molecule has 1 aliphatic heterocycles. The van der Waals surface area contributed by atoms with Crippen molar-refractivity contribution in [1.29, 1.82) is 0 Å². The Labute approximate surface area is 80.5 Å². The zero-order valence-electron chi connectivity index (χ0n) is 8.26. The fourth-order valence-corrected chi connectivity index (χ4v) is 3.44. The molecule has 2 N–H and O–H groups in total. The highest BCUT2D eigenvalue weighted by Crippen LogP contribution is 2.29. The molecule has 0 aromatic rings. The molecule has 3 rings (SSSR count). The van der Waals surface area contributed by atoms with Gasteiger partial charge >= 0.3 is 0 Å². The molecule has 2 aliphatic carbocycles. The number of fused-ring (bicyclic) bond motifs is 2. The molecule has 0 aromatic carbocycles. The number of hydrogen-bond donors (Lipinski definition) is 2. The van der Waals surface area contributed by atoms with Crippen LogP contribution >= 0.6 is 0 Å². The minimum absolute atomic E-state index is 0.799. The predicted molar refractivity (Wildman–Crippen MR) is 53.7 cm³/mol. The molecule has 2 heteroatoms. The minimum atomic E-state index is 0.799. The van der Waals surface area contributed by atoms with Crippen LogP contribution in [0.15, 0.2) is 0 Å². The second-order valence-corrected chi connectivity index (χ2v) is 4.97. The van der Waals surface area contributed by atoms with E-state index in [2.05, 4.69) is 10.6 Å². The second-order valence-electron chi connectivity index (χ2n) is 4.97. The van der Waals surface area contributed by atoms with Crippen molar-refractivity contribution in [2.75, 3.05) is 0 Å². The van der Waals surface area contributed by atoms with E-state index in [1.54, 1.807) is 0 Å². The van der Waals surface area contributed by atoms with Crippen LogP contribution < -0.4 is 10.6 Å². The van der Waals surface area contributed by atoms with Crippen molar-refractivity contribution in [3.05, 3.63) is 0 Å². The summed E-state index contributed by atoms with van der Waals surface area (Å²) in [6.45, 7) is 0. The standard InChI is InChI=1S/C11H20N2/c1-2-5-9-8(4-1)12-10-6-3-7-11(10)13-9/h8-13H,1-7H2. The average molecular weight is 180 g/mol. The van der Waals surface area contributed by atoms with E-state index in [9.17, 15) is 0 Å². The Morgan fingerprint density at radius 2 is 0.923 bits per heavy atom. The lowest BCUT2D eigenvalue weighted by Crippen LogP contribution is -2.64. The number of piperazine rings is 1. The van der Waals surface area contributed by atoms with Gasteiger partial charge < -0.3 is 10.6 Å². The van der Waals surface area contributed by atoms with Gasteiger partial charge in [0, 0.05) is 24.2 Å². The van der Waals surface area contributed by atoms with Crippen molar-refractivity contribution in [3.63, 3.8) is 0 Å². The molecule has 1 heterocycles. The number of rotatable bonds is 0. The molecule has 0 bridgehead atoms. The van der Waals surface area contributed by atoms with Gasteiger partial charge in [-0.2, -0.15) is 0 Å². The predicted octanol–water partition coefficient (Wildman–Crippen LogP) is 1.41. The van der Waals surface area contributed by atoms with Gasteiger partial charge in [-0.1, -0.05) is 19.3 Å². The Balaban J connectivity index is 1.71. The van der Waals surface area contributed by atoms with Gasteiger partial charge in [-0.3, -0.25) is 0 Å². The third-order valence-corrected chi connectivity index (χ3v) is 4.14. The van der Waals surface area contributed by atoms with E-state index in [0.717, 1.165) is 24.2 Å². The maximum atomic E-state index is 3.85. The zero-order chi connectivity index (χ0) is 8.67. The SMILES string of the molecule is C1CCC2NC3CCCC3NC2C1. The first-order valence-electron chi connectivity index (χ1n) is 5.95. The van der Waals surface area contributed by atoms with Crippen molar-refractivity contribution >= 4 is 0 Å². The van der Waals surface area contributed by atoms with Crippen molar-refractivity contribution in [3.8, 4) is 0 Å². The summed E-state index contributed by atoms with van der Waals surface area (Å²) < 4.78 is 0. The number of nitrogens with one attached hydrogen (secondary N) is 2. The van der Waals surface area contributed by atoms with Crippen molar-refractivity contribution in [2.24, 2.45) is 0 Å². The molecule has 3 aliphatic rings. The van der Waals surface area contributed by atoms with Crippen LogP contribution in [0.5, 0.6) is 0 Å². The Hall–Kier alpha value is -0.0800. The van der Waals surface area contributed by atoms with Crippen LogP contribution in [-0.2, 0) is 0 Å². The molecular formula is C11H20N2. The highest BCUT2D eigenvalue weighted by Gasteiger charge is 2.38. The van der Waals surface area contributed by atoms with E-state index < -0.39 is 0 Å². The van der Waals surface area contributed by atoms with Gasteiger partial charge in [0.15, 0.2) is 0 Å². The molecule has 2 nitrogen and oxygen atoms in total. The summed E-state index contributed by atoms with van der Waals surface area (Å²) in [6, 6.07) is 3.21. The first kappa shape index (κ1) is 8.25. The molecule has 1 saturated heterocycles. The fourth-order valence-electron chi connectivity index (χ4n) is 3.44. The molecule has 0 spiro atoms. The maximum Gasteiger partial charge on any atom is 0.0224 e. The molecular weight excluding hydrogens is 160 g/mol. The Kier molecular flexibility index (Phi) is 2.06. The highest BCUT2D eigenvalue weighted by molar-refractivity contribution is 5.01. The normalized spacial score (nSPS) is 49.8. The van der Waals surface area contributed by atoms with Crippen LogP contribution in [0.1, 0.15) is 44.9 Å². The Bertz CT molecular complexity index is 173. The first-order valence-corrected chi connectivity index (χ1v) is 5.95. The van der Waals surface area contributed by atoms with Crippen LogP contribution in [0, 0.1) is 0 Å². The molecule has 0 radical (unpaired) electrons. The third-order valence-electron chi connectivity index (χ3n) is 4.14. The fraction of sp³-hybridized carbons (Fsp3) is 1.00. The summed E-state index contributed by atoms with van der Waals surface area (Å²) in [4.78, 5) is 0. The third kappa shape index (κ3) is 1.40. The van der Waals surface area contributed by atoms with Gasteiger partial charge in [-0.15, -0.1) is 0 Å². The quantitative estimate of drug-likeness (QED) is 0.589. The van der Waals surface area contributed by atoms with Crippen LogP contribution in [0.25, 0.3) is 0 Å². The van der Waals surface area contributed by atoms with Crippen molar-refractivity contribution in [1.82, 2.24) is 10.6 Å². The maximum absolute atomic E-state index is 3.85. The van der Waals surface area contributed by atoms with E-state index >= 15 is 0 Å². The van der Waals surface area contributed by atoms with Crippen molar-refractivity contribution in [2.45, 2.75) is 69.1 Å². The van der Waals surface area contributed by atoms with Crippen LogP contribution in [0.3, 0.4) is 0 Å². The largest absolute Gasteiger partial charge is 0.308 e. The summed E-state index contributed by atoms with van der Waals surface area (Å²) in [7, 11) is 0. The highest BCUT2D eigenvalue weighted by atomic mass is 15.2. The Morgan fingerprint density at radius 3 is 1.38 bits per heavy atom. The van der Waals surface area contributed by atoms with Gasteiger partial charge in [-0.25, -0.2) is 0 Å². The molecule has 4 atom stereocenters. The molecule has 0 aromatic heterocycles. The van der Waals surface area contributed by atoms with E-state index in [0.29, 0.717) is 0 Å². The van der Waals surface area contributed by atoms with E-state index in [4.69, 9.17) is 0 Å².